The predicted octanol–water partition coefficient (Wildman–Crippen LogP) is 15.6. The summed E-state index contributed by atoms with van der Waals surface area (Å²) in [6, 6.07) is 88.0. The van der Waals surface area contributed by atoms with Crippen LogP contribution in [0.5, 0.6) is 11.5 Å². The van der Waals surface area contributed by atoms with Crippen molar-refractivity contribution in [1.82, 2.24) is 0 Å². The first-order chi connectivity index (χ1) is 33.7. The van der Waals surface area contributed by atoms with E-state index in [1.807, 2.05) is 12.1 Å². The number of anilines is 8. The summed E-state index contributed by atoms with van der Waals surface area (Å²) < 4.78 is 9.08. The van der Waals surface area contributed by atoms with E-state index in [0.717, 1.165) is 112 Å². The van der Waals surface area contributed by atoms with Crippen LogP contribution < -0.4 is 24.3 Å². The Bertz CT molecular complexity index is 3510. The second-order valence-electron chi connectivity index (χ2n) is 17.5. The molecule has 16 bridgehead atoms. The summed E-state index contributed by atoms with van der Waals surface area (Å²) in [4.78, 5) is 10.1. The van der Waals surface area contributed by atoms with Gasteiger partial charge in [-0.2, -0.15) is 0 Å². The van der Waals surface area contributed by atoms with E-state index in [-0.39, 0.29) is 0 Å². The fraction of sp³-hybridized carbons (Fsp3) is 0. The molecule has 0 saturated carbocycles. The Kier molecular flexibility index (Phi) is 8.10. The summed E-state index contributed by atoms with van der Waals surface area (Å²) in [7, 11) is 0. The third-order valence-electron chi connectivity index (χ3n) is 13.6. The van der Waals surface area contributed by atoms with Crippen molar-refractivity contribution in [2.75, 3.05) is 19.6 Å². The fourth-order valence-corrected chi connectivity index (χ4v) is 14.3. The second kappa shape index (κ2) is 14.6. The molecule has 0 spiro atoms. The predicted molar refractivity (Wildman–Crippen MR) is 275 cm³/mol. The zero-order valence-electron chi connectivity index (χ0n) is 36.3. The molecule has 0 aromatic heterocycles. The molecule has 0 fully saturated rings. The minimum absolute atomic E-state index is 0.631. The third-order valence-corrected chi connectivity index (χ3v) is 16.7. The number of benzene rings is 10. The molecule has 0 aliphatic carbocycles. The maximum absolute atomic E-state index is 6.74. The van der Waals surface area contributed by atoms with Gasteiger partial charge in [0.15, 0.2) is 0 Å². The Balaban J connectivity index is 1.22. The van der Waals surface area contributed by atoms with Crippen molar-refractivity contribution < 1.29 is 22.4 Å². The molecule has 0 unspecified atom stereocenters. The minimum atomic E-state index is -1.20. The van der Waals surface area contributed by atoms with E-state index >= 15 is 0 Å². The van der Waals surface area contributed by atoms with Crippen LogP contribution in [0, 0.1) is 12.1 Å². The van der Waals surface area contributed by atoms with E-state index in [0.29, 0.717) is 11.5 Å². The van der Waals surface area contributed by atoms with Gasteiger partial charge < -0.3 is 0 Å². The van der Waals surface area contributed by atoms with Crippen molar-refractivity contribution in [1.29, 1.82) is 0 Å². The first-order valence-electron chi connectivity index (χ1n) is 22.8. The molecule has 0 atom stereocenters. The Morgan fingerprint density at radius 3 is 0.971 bits per heavy atom. The first-order valence-corrected chi connectivity index (χ1v) is 25.1. The van der Waals surface area contributed by atoms with Gasteiger partial charge in [0, 0.05) is 0 Å². The van der Waals surface area contributed by atoms with Gasteiger partial charge in [0.2, 0.25) is 0 Å². The van der Waals surface area contributed by atoms with Crippen LogP contribution in [-0.4, -0.2) is 8.29 Å². The molecule has 15 rings (SSSR count). The molecule has 0 amide bonds. The van der Waals surface area contributed by atoms with Crippen molar-refractivity contribution in [3.05, 3.63) is 231 Å². The second-order valence-corrected chi connectivity index (χ2v) is 20.1. The van der Waals surface area contributed by atoms with Gasteiger partial charge >= 0.3 is 405 Å². The van der Waals surface area contributed by atoms with E-state index in [4.69, 9.17) is 4.74 Å². The summed E-state index contributed by atoms with van der Waals surface area (Å²) in [5.41, 5.74) is 22.3. The third kappa shape index (κ3) is 5.60. The zero-order valence-corrected chi connectivity index (χ0v) is 38.6. The molecule has 5 aliphatic heterocycles. The van der Waals surface area contributed by atoms with Crippen LogP contribution in [0.25, 0.3) is 66.8 Å². The first kappa shape index (κ1) is 37.8. The van der Waals surface area contributed by atoms with Gasteiger partial charge in [-0.3, -0.25) is 0 Å². The van der Waals surface area contributed by atoms with Crippen LogP contribution >= 0.6 is 0 Å². The number of fused-ring (bicyclic) bond motifs is 24. The van der Waals surface area contributed by atoms with E-state index in [2.05, 4.69) is 238 Å². The van der Waals surface area contributed by atoms with E-state index < -0.39 is 17.6 Å². The molecular weight excluding hydrogens is 1010 g/mol. The van der Waals surface area contributed by atoms with Crippen molar-refractivity contribution in [3.8, 4) is 78.3 Å². The summed E-state index contributed by atoms with van der Waals surface area (Å²) in [6.07, 6.45) is 0. The van der Waals surface area contributed by atoms with Gasteiger partial charge in [0.1, 0.15) is 0 Å². The van der Waals surface area contributed by atoms with Crippen molar-refractivity contribution in [3.63, 3.8) is 0 Å². The van der Waals surface area contributed by atoms with E-state index in [1.165, 1.54) is 8.29 Å². The van der Waals surface area contributed by atoms with Crippen LogP contribution in [0.1, 0.15) is 0 Å². The summed E-state index contributed by atoms with van der Waals surface area (Å²) in [6.45, 7) is 0. The van der Waals surface area contributed by atoms with Gasteiger partial charge in [0.25, 0.3) is 0 Å². The fourth-order valence-electron chi connectivity index (χ4n) is 10.6. The van der Waals surface area contributed by atoms with Gasteiger partial charge in [-0.15, -0.1) is 0 Å². The number of hydrogen-bond acceptors (Lipinski definition) is 5. The normalized spacial score (nSPS) is 14.2. The molecule has 10 aromatic rings. The van der Waals surface area contributed by atoms with E-state index in [1.54, 1.807) is 0 Å². The van der Waals surface area contributed by atoms with Crippen LogP contribution in [0.4, 0.5) is 45.5 Å². The Labute approximate surface area is 402 Å². The number of hydrogen-bond donors (Lipinski definition) is 0. The number of nitrogens with zero attached hydrogens (tertiary/aromatic N) is 4. The Morgan fingerprint density at radius 1 is 0.294 bits per heavy atom. The van der Waals surface area contributed by atoms with Gasteiger partial charge in [-0.25, -0.2) is 0 Å². The summed E-state index contributed by atoms with van der Waals surface area (Å²) in [5, 5.41) is 0. The van der Waals surface area contributed by atoms with E-state index in [9.17, 15) is 0 Å². The molecule has 5 aliphatic rings. The molecule has 68 heavy (non-hydrogen) atoms. The van der Waals surface area contributed by atoms with Crippen molar-refractivity contribution in [2.24, 2.45) is 0 Å². The van der Waals surface area contributed by atoms with Crippen molar-refractivity contribution in [2.45, 2.75) is 0 Å². The molecule has 10 aromatic carbocycles. The Morgan fingerprint density at radius 2 is 0.603 bits per heavy atom. The van der Waals surface area contributed by atoms with Crippen LogP contribution in [0.2, 0.25) is 0 Å². The molecule has 0 saturated heterocycles. The molecule has 5 heterocycles. The SMILES string of the molecule is [c-]1c2cccc1N1[C]3=[Pt]=[C]4N(c5[c-]c(ccc5)O2)c2ccccc2N4c2c4cccc2-c2cccc(c2)-c2cccc(c2)-c2cccc(c2N3c2ccccc21)-c1cccc(c1)-c1cccc-4c1. The zero-order chi connectivity index (χ0) is 44.5. The average molecular weight is 1050 g/mol. The van der Waals surface area contributed by atoms with Gasteiger partial charge in [-0.1, -0.05) is 0 Å². The summed E-state index contributed by atoms with van der Waals surface area (Å²) >= 11 is -1.20. The molecule has 0 N–H and O–H groups in total. The number of ether oxygens (including phenoxy) is 1. The average Bonchev–Trinajstić information content (AvgIpc) is 3.89. The standard InChI is InChI=1S/C62H36N4O.Pt/c1-3-31-59-57(29-1)63-39-65(59)61-53-25-11-26-54(61)46-18-6-14-42(34-46)44-16-8-20-48(36-44)56-28-12-27-55(47-19-7-15-43(35-47)41-13-5-17-45(53)33-41)62(56)66-40-64(58-30-2-4-32-60(58)66)50-22-10-24-52(38-50)67-51-23-9-21-49(63)37-51;/h1-36H;/q-2;. The van der Waals surface area contributed by atoms with Crippen LogP contribution in [-0.2, 0) is 17.6 Å². The molecule has 6 heteroatoms. The number of rotatable bonds is 0. The maximum atomic E-state index is 6.74. The molecule has 322 valence electrons. The van der Waals surface area contributed by atoms with Crippen LogP contribution in [0.3, 0.4) is 0 Å². The van der Waals surface area contributed by atoms with Gasteiger partial charge in [-0.05, 0) is 0 Å². The topological polar surface area (TPSA) is 22.2 Å². The Hall–Kier alpha value is -8.37. The number of para-hydroxylation sites is 6. The molecule has 0 radical (unpaired) electrons. The monoisotopic (exact) mass is 1050 g/mol. The van der Waals surface area contributed by atoms with Crippen molar-refractivity contribution >= 4 is 53.8 Å². The molecule has 5 nitrogen and oxygen atoms in total. The van der Waals surface area contributed by atoms with Crippen LogP contribution in [0.15, 0.2) is 218 Å². The molecular formula is C62H36N4OPt-2. The summed E-state index contributed by atoms with van der Waals surface area (Å²) in [5.74, 6) is 1.26. The quantitative estimate of drug-likeness (QED) is 0.141. The van der Waals surface area contributed by atoms with Gasteiger partial charge in [0.05, 0.1) is 0 Å².